The second-order valence-electron chi connectivity index (χ2n) is 4.70. The van der Waals surface area contributed by atoms with Gasteiger partial charge in [0, 0.05) is 5.69 Å². The van der Waals surface area contributed by atoms with Crippen LogP contribution in [0.3, 0.4) is 0 Å². The van der Waals surface area contributed by atoms with Gasteiger partial charge in [-0.1, -0.05) is 0 Å². The Morgan fingerprint density at radius 2 is 2.31 bits per heavy atom. The third kappa shape index (κ3) is 1.82. The van der Waals surface area contributed by atoms with Crippen molar-refractivity contribution < 1.29 is 9.90 Å². The Labute approximate surface area is 94.2 Å². The van der Waals surface area contributed by atoms with Crippen molar-refractivity contribution in [2.75, 3.05) is 0 Å². The molecule has 0 saturated heterocycles. The van der Waals surface area contributed by atoms with Gasteiger partial charge in [-0.2, -0.15) is 5.10 Å². The van der Waals surface area contributed by atoms with Crippen molar-refractivity contribution >= 4 is 5.97 Å². The zero-order chi connectivity index (χ0) is 11.9. The van der Waals surface area contributed by atoms with Gasteiger partial charge in [0.2, 0.25) is 0 Å². The number of hydrogen-bond acceptors (Lipinski definition) is 3. The standard InChI is InChI=1S/C11H17N3O2/c1-7-5-8(2)14(13-7)6-11(12,10(15)16)9-3-4-9/h5,9H,3-4,6,12H2,1-2H3,(H,15,16). The van der Waals surface area contributed by atoms with Crippen LogP contribution in [0.2, 0.25) is 0 Å². The smallest absolute Gasteiger partial charge is 0.325 e. The molecule has 1 aliphatic rings. The number of carboxylic acid groups (broad SMARTS) is 1. The van der Waals surface area contributed by atoms with Gasteiger partial charge >= 0.3 is 5.97 Å². The molecule has 0 aromatic carbocycles. The fourth-order valence-corrected chi connectivity index (χ4v) is 2.05. The minimum Gasteiger partial charge on any atom is -0.480 e. The molecule has 0 spiro atoms. The molecule has 88 valence electrons. The summed E-state index contributed by atoms with van der Waals surface area (Å²) in [5, 5.41) is 13.5. The Morgan fingerprint density at radius 3 is 2.69 bits per heavy atom. The molecule has 1 saturated carbocycles. The molecule has 5 heteroatoms. The van der Waals surface area contributed by atoms with Crippen LogP contribution in [0.15, 0.2) is 6.07 Å². The molecule has 1 aromatic heterocycles. The maximum Gasteiger partial charge on any atom is 0.325 e. The lowest BCUT2D eigenvalue weighted by atomic mass is 9.95. The van der Waals surface area contributed by atoms with E-state index in [1.165, 1.54) is 0 Å². The molecule has 0 bridgehead atoms. The van der Waals surface area contributed by atoms with Crippen LogP contribution >= 0.6 is 0 Å². The molecule has 2 rings (SSSR count). The summed E-state index contributed by atoms with van der Waals surface area (Å²) in [4.78, 5) is 11.3. The first-order chi connectivity index (χ1) is 7.43. The molecular formula is C11H17N3O2. The van der Waals surface area contributed by atoms with Crippen molar-refractivity contribution in [1.29, 1.82) is 0 Å². The van der Waals surface area contributed by atoms with Crippen LogP contribution in [0.25, 0.3) is 0 Å². The fraction of sp³-hybridized carbons (Fsp3) is 0.636. The highest BCUT2D eigenvalue weighted by Gasteiger charge is 2.48. The van der Waals surface area contributed by atoms with E-state index in [0.29, 0.717) is 0 Å². The molecule has 1 atom stereocenters. The fourth-order valence-electron chi connectivity index (χ4n) is 2.05. The Bertz CT molecular complexity index is 423. The summed E-state index contributed by atoms with van der Waals surface area (Å²) in [6.45, 7) is 4.06. The number of aryl methyl sites for hydroxylation is 2. The first kappa shape index (κ1) is 11.1. The number of hydrogen-bond donors (Lipinski definition) is 2. The van der Waals surface area contributed by atoms with Gasteiger partial charge in [0.25, 0.3) is 0 Å². The van der Waals surface area contributed by atoms with Gasteiger partial charge in [0.1, 0.15) is 5.54 Å². The molecule has 1 aliphatic carbocycles. The van der Waals surface area contributed by atoms with E-state index in [9.17, 15) is 9.90 Å². The number of rotatable bonds is 4. The number of aromatic nitrogens is 2. The SMILES string of the molecule is Cc1cc(C)n(CC(N)(C(=O)O)C2CC2)n1. The minimum atomic E-state index is -1.16. The van der Waals surface area contributed by atoms with Crippen LogP contribution in [0.4, 0.5) is 0 Å². The molecule has 0 aliphatic heterocycles. The Hall–Kier alpha value is -1.36. The van der Waals surface area contributed by atoms with E-state index in [0.717, 1.165) is 24.2 Å². The number of carbonyl (C=O) groups is 1. The minimum absolute atomic E-state index is 0.0916. The summed E-state index contributed by atoms with van der Waals surface area (Å²) in [5.74, 6) is -0.837. The number of carboxylic acids is 1. The first-order valence-electron chi connectivity index (χ1n) is 5.47. The largest absolute Gasteiger partial charge is 0.480 e. The summed E-state index contributed by atoms with van der Waals surface area (Å²) in [6.07, 6.45) is 1.81. The second kappa shape index (κ2) is 3.59. The summed E-state index contributed by atoms with van der Waals surface area (Å²) in [5.41, 5.74) is 6.68. The number of nitrogens with two attached hydrogens (primary N) is 1. The average Bonchev–Trinajstić information content (AvgIpc) is 2.95. The maximum absolute atomic E-state index is 11.3. The van der Waals surface area contributed by atoms with E-state index in [-0.39, 0.29) is 12.5 Å². The Balaban J connectivity index is 2.24. The number of aliphatic carboxylic acids is 1. The highest BCUT2D eigenvalue weighted by Crippen LogP contribution is 2.39. The van der Waals surface area contributed by atoms with Gasteiger partial charge in [-0.05, 0) is 38.7 Å². The van der Waals surface area contributed by atoms with E-state index in [4.69, 9.17) is 5.73 Å². The molecule has 0 radical (unpaired) electrons. The van der Waals surface area contributed by atoms with Gasteiger partial charge in [0.15, 0.2) is 0 Å². The van der Waals surface area contributed by atoms with Crippen molar-refractivity contribution in [2.45, 2.75) is 38.8 Å². The Kier molecular flexibility index (Phi) is 2.50. The topological polar surface area (TPSA) is 81.1 Å². The number of nitrogens with zero attached hydrogens (tertiary/aromatic N) is 2. The monoisotopic (exact) mass is 223 g/mol. The normalized spacial score (nSPS) is 19.4. The van der Waals surface area contributed by atoms with Gasteiger partial charge in [-0.25, -0.2) is 0 Å². The zero-order valence-corrected chi connectivity index (χ0v) is 9.60. The van der Waals surface area contributed by atoms with Crippen LogP contribution in [0.1, 0.15) is 24.2 Å². The van der Waals surface area contributed by atoms with Gasteiger partial charge in [-0.3, -0.25) is 9.48 Å². The molecular weight excluding hydrogens is 206 g/mol. The Morgan fingerprint density at radius 1 is 1.69 bits per heavy atom. The molecule has 1 heterocycles. The van der Waals surface area contributed by atoms with Crippen molar-refractivity contribution in [2.24, 2.45) is 11.7 Å². The zero-order valence-electron chi connectivity index (χ0n) is 9.60. The van der Waals surface area contributed by atoms with Crippen molar-refractivity contribution in [3.63, 3.8) is 0 Å². The lowest BCUT2D eigenvalue weighted by Crippen LogP contribution is -2.53. The summed E-state index contributed by atoms with van der Waals surface area (Å²) < 4.78 is 1.70. The highest BCUT2D eigenvalue weighted by molar-refractivity contribution is 5.79. The quantitative estimate of drug-likeness (QED) is 0.787. The average molecular weight is 223 g/mol. The van der Waals surface area contributed by atoms with Gasteiger partial charge in [-0.15, -0.1) is 0 Å². The van der Waals surface area contributed by atoms with Crippen LogP contribution in [-0.2, 0) is 11.3 Å². The molecule has 1 aromatic rings. The lowest BCUT2D eigenvalue weighted by molar-refractivity contribution is -0.145. The third-order valence-electron chi connectivity index (χ3n) is 3.22. The highest BCUT2D eigenvalue weighted by atomic mass is 16.4. The van der Waals surface area contributed by atoms with Crippen LogP contribution < -0.4 is 5.73 Å². The first-order valence-corrected chi connectivity index (χ1v) is 5.47. The summed E-state index contributed by atoms with van der Waals surface area (Å²) in [7, 11) is 0. The van der Waals surface area contributed by atoms with E-state index < -0.39 is 11.5 Å². The second-order valence-corrected chi connectivity index (χ2v) is 4.70. The van der Waals surface area contributed by atoms with Crippen LogP contribution in [0.5, 0.6) is 0 Å². The molecule has 5 nitrogen and oxygen atoms in total. The van der Waals surface area contributed by atoms with Crippen molar-refractivity contribution in [3.8, 4) is 0 Å². The molecule has 16 heavy (non-hydrogen) atoms. The van der Waals surface area contributed by atoms with Gasteiger partial charge in [0.05, 0.1) is 12.2 Å². The van der Waals surface area contributed by atoms with Gasteiger partial charge < -0.3 is 10.8 Å². The lowest BCUT2D eigenvalue weighted by Gasteiger charge is -2.24. The predicted molar refractivity (Wildman–Crippen MR) is 59.0 cm³/mol. The summed E-state index contributed by atoms with van der Waals surface area (Å²) in [6, 6.07) is 1.93. The van der Waals surface area contributed by atoms with Crippen LogP contribution in [0, 0.1) is 19.8 Å². The molecule has 1 fully saturated rings. The van der Waals surface area contributed by atoms with Crippen molar-refractivity contribution in [1.82, 2.24) is 9.78 Å². The predicted octanol–water partition coefficient (Wildman–Crippen LogP) is 0.692. The molecule has 0 amide bonds. The van der Waals surface area contributed by atoms with Crippen molar-refractivity contribution in [3.05, 3.63) is 17.5 Å². The van der Waals surface area contributed by atoms with E-state index in [1.807, 2.05) is 19.9 Å². The maximum atomic E-state index is 11.3. The van der Waals surface area contributed by atoms with E-state index >= 15 is 0 Å². The third-order valence-corrected chi connectivity index (χ3v) is 3.22. The van der Waals surface area contributed by atoms with E-state index in [1.54, 1.807) is 4.68 Å². The van der Waals surface area contributed by atoms with E-state index in [2.05, 4.69) is 5.10 Å². The summed E-state index contributed by atoms with van der Waals surface area (Å²) >= 11 is 0. The molecule has 1 unspecified atom stereocenters. The van der Waals surface area contributed by atoms with Crippen LogP contribution in [-0.4, -0.2) is 26.4 Å². The molecule has 3 N–H and O–H groups in total.